The summed E-state index contributed by atoms with van der Waals surface area (Å²) in [6, 6.07) is 1.99. The predicted octanol–water partition coefficient (Wildman–Crippen LogP) is 2.91. The molecule has 0 spiro atoms. The van der Waals surface area contributed by atoms with Crippen LogP contribution in [0.15, 0.2) is 18.5 Å². The molecule has 3 nitrogen and oxygen atoms in total. The van der Waals surface area contributed by atoms with Gasteiger partial charge in [0.2, 0.25) is 0 Å². The van der Waals surface area contributed by atoms with Crippen LogP contribution in [0, 0.1) is 13.8 Å². The zero-order chi connectivity index (χ0) is 12.4. The van der Waals surface area contributed by atoms with Gasteiger partial charge >= 0.3 is 0 Å². The fourth-order valence-electron chi connectivity index (χ4n) is 1.69. The third kappa shape index (κ3) is 2.82. The molecule has 0 unspecified atom stereocenters. The summed E-state index contributed by atoms with van der Waals surface area (Å²) < 4.78 is 1.76. The van der Waals surface area contributed by atoms with Crippen molar-refractivity contribution in [2.24, 2.45) is 7.05 Å². The van der Waals surface area contributed by atoms with E-state index in [1.807, 2.05) is 32.4 Å². The highest BCUT2D eigenvalue weighted by atomic mass is 32.1. The van der Waals surface area contributed by atoms with Crippen molar-refractivity contribution in [3.8, 4) is 0 Å². The van der Waals surface area contributed by atoms with Gasteiger partial charge in [-0.2, -0.15) is 5.10 Å². The van der Waals surface area contributed by atoms with E-state index in [4.69, 9.17) is 0 Å². The van der Waals surface area contributed by atoms with Crippen LogP contribution in [0.1, 0.15) is 32.1 Å². The van der Waals surface area contributed by atoms with Crippen LogP contribution in [0.5, 0.6) is 0 Å². The molecule has 0 saturated heterocycles. The van der Waals surface area contributed by atoms with Crippen LogP contribution in [0.4, 0.5) is 0 Å². The maximum Gasteiger partial charge on any atom is 0.173 e. The molecule has 0 aliphatic carbocycles. The number of rotatable bonds is 4. The Kier molecular flexibility index (Phi) is 3.43. The molecule has 0 aliphatic heterocycles. The molecule has 4 heteroatoms. The average Bonchev–Trinajstić information content (AvgIpc) is 2.83. The number of Topliss-reactive ketones (excluding diaryl/α,β-unsaturated/α-hetero) is 1. The Bertz CT molecular complexity index is 520. The molecular weight excluding hydrogens is 232 g/mol. The Labute approximate surface area is 105 Å². The van der Waals surface area contributed by atoms with Crippen LogP contribution >= 0.6 is 11.3 Å². The van der Waals surface area contributed by atoms with Gasteiger partial charge in [-0.3, -0.25) is 9.48 Å². The minimum absolute atomic E-state index is 0.232. The van der Waals surface area contributed by atoms with E-state index in [0.717, 1.165) is 16.9 Å². The van der Waals surface area contributed by atoms with Gasteiger partial charge in [-0.05, 0) is 37.5 Å². The SMILES string of the molecule is Cc1cc(C(=O)CCc2cnn(C)c2)sc1C. The van der Waals surface area contributed by atoms with Gasteiger partial charge in [-0.25, -0.2) is 0 Å². The Balaban J connectivity index is 1.98. The van der Waals surface area contributed by atoms with Crippen molar-refractivity contribution in [2.45, 2.75) is 26.7 Å². The molecule has 0 aromatic carbocycles. The Morgan fingerprint density at radius 2 is 2.24 bits per heavy atom. The first-order chi connectivity index (χ1) is 8.06. The molecule has 2 rings (SSSR count). The number of aryl methyl sites for hydroxylation is 4. The number of hydrogen-bond donors (Lipinski definition) is 0. The molecule has 17 heavy (non-hydrogen) atoms. The molecule has 0 aliphatic rings. The van der Waals surface area contributed by atoms with Crippen molar-refractivity contribution in [1.82, 2.24) is 9.78 Å². The van der Waals surface area contributed by atoms with E-state index in [2.05, 4.69) is 12.0 Å². The van der Waals surface area contributed by atoms with Gasteiger partial charge in [0.1, 0.15) is 0 Å². The summed E-state index contributed by atoms with van der Waals surface area (Å²) in [5, 5.41) is 4.09. The fraction of sp³-hybridized carbons (Fsp3) is 0.385. The van der Waals surface area contributed by atoms with Crippen molar-refractivity contribution >= 4 is 17.1 Å². The summed E-state index contributed by atoms with van der Waals surface area (Å²) in [5.74, 6) is 0.232. The highest BCUT2D eigenvalue weighted by Gasteiger charge is 2.10. The molecule has 0 fully saturated rings. The smallest absolute Gasteiger partial charge is 0.173 e. The van der Waals surface area contributed by atoms with Crippen molar-refractivity contribution in [3.63, 3.8) is 0 Å². The molecule has 0 amide bonds. The molecule has 0 N–H and O–H groups in total. The molecule has 2 aromatic rings. The summed E-state index contributed by atoms with van der Waals surface area (Å²) in [5.41, 5.74) is 2.32. The highest BCUT2D eigenvalue weighted by Crippen LogP contribution is 2.22. The van der Waals surface area contributed by atoms with Crippen LogP contribution in [0.25, 0.3) is 0 Å². The Hall–Kier alpha value is -1.42. The first kappa shape index (κ1) is 12.0. The van der Waals surface area contributed by atoms with Crippen LogP contribution in [-0.2, 0) is 13.5 Å². The minimum atomic E-state index is 0.232. The van der Waals surface area contributed by atoms with Gasteiger partial charge in [-0.1, -0.05) is 0 Å². The largest absolute Gasteiger partial charge is 0.293 e. The van der Waals surface area contributed by atoms with Crippen LogP contribution in [0.3, 0.4) is 0 Å². The van der Waals surface area contributed by atoms with Crippen molar-refractivity contribution < 1.29 is 4.79 Å². The number of hydrogen-bond acceptors (Lipinski definition) is 3. The van der Waals surface area contributed by atoms with Crippen molar-refractivity contribution in [1.29, 1.82) is 0 Å². The number of ketones is 1. The number of aromatic nitrogens is 2. The van der Waals surface area contributed by atoms with E-state index in [0.29, 0.717) is 6.42 Å². The lowest BCUT2D eigenvalue weighted by molar-refractivity contribution is 0.0986. The van der Waals surface area contributed by atoms with E-state index in [1.54, 1.807) is 16.0 Å². The average molecular weight is 248 g/mol. The second kappa shape index (κ2) is 4.84. The van der Waals surface area contributed by atoms with Gasteiger partial charge < -0.3 is 0 Å². The Morgan fingerprint density at radius 1 is 1.47 bits per heavy atom. The van der Waals surface area contributed by atoms with E-state index in [1.165, 1.54) is 10.4 Å². The molecule has 0 atom stereocenters. The topological polar surface area (TPSA) is 34.9 Å². The molecule has 2 aromatic heterocycles. The summed E-state index contributed by atoms with van der Waals surface area (Å²) in [4.78, 5) is 14.1. The number of thiophene rings is 1. The number of nitrogens with zero attached hydrogens (tertiary/aromatic N) is 2. The Morgan fingerprint density at radius 3 is 2.76 bits per heavy atom. The van der Waals surface area contributed by atoms with E-state index >= 15 is 0 Å². The van der Waals surface area contributed by atoms with Gasteiger partial charge in [-0.15, -0.1) is 11.3 Å². The summed E-state index contributed by atoms with van der Waals surface area (Å²) in [6.45, 7) is 4.10. The normalized spacial score (nSPS) is 10.8. The highest BCUT2D eigenvalue weighted by molar-refractivity contribution is 7.14. The maximum atomic E-state index is 12.0. The number of carbonyl (C=O) groups excluding carboxylic acids is 1. The fourth-order valence-corrected chi connectivity index (χ4v) is 2.69. The van der Waals surface area contributed by atoms with Gasteiger partial charge in [0.15, 0.2) is 5.78 Å². The lowest BCUT2D eigenvalue weighted by Crippen LogP contribution is -1.98. The molecular formula is C13H16N2OS. The quantitative estimate of drug-likeness (QED) is 0.780. The van der Waals surface area contributed by atoms with Gasteiger partial charge in [0.25, 0.3) is 0 Å². The minimum Gasteiger partial charge on any atom is -0.293 e. The lowest BCUT2D eigenvalue weighted by Gasteiger charge is -1.95. The van der Waals surface area contributed by atoms with Gasteiger partial charge in [0.05, 0.1) is 11.1 Å². The molecule has 90 valence electrons. The van der Waals surface area contributed by atoms with E-state index in [9.17, 15) is 4.79 Å². The van der Waals surface area contributed by atoms with Crippen molar-refractivity contribution in [2.75, 3.05) is 0 Å². The monoisotopic (exact) mass is 248 g/mol. The zero-order valence-corrected chi connectivity index (χ0v) is 11.2. The van der Waals surface area contributed by atoms with Crippen LogP contribution in [0.2, 0.25) is 0 Å². The summed E-state index contributed by atoms with van der Waals surface area (Å²) >= 11 is 1.59. The molecule has 0 bridgehead atoms. The molecule has 0 saturated carbocycles. The van der Waals surface area contributed by atoms with E-state index < -0.39 is 0 Å². The summed E-state index contributed by atoms with van der Waals surface area (Å²) in [6.07, 6.45) is 5.10. The third-order valence-corrected chi connectivity index (χ3v) is 4.03. The molecule has 0 radical (unpaired) electrons. The zero-order valence-electron chi connectivity index (χ0n) is 10.4. The standard InChI is InChI=1S/C13H16N2OS/c1-9-6-13(17-10(9)2)12(16)5-4-11-7-14-15(3)8-11/h6-8H,4-5H2,1-3H3. The first-order valence-corrected chi connectivity index (χ1v) is 6.45. The van der Waals surface area contributed by atoms with Crippen molar-refractivity contribution in [3.05, 3.63) is 39.3 Å². The first-order valence-electron chi connectivity index (χ1n) is 5.64. The number of carbonyl (C=O) groups is 1. The van der Waals surface area contributed by atoms with Crippen LogP contribution in [-0.4, -0.2) is 15.6 Å². The maximum absolute atomic E-state index is 12.0. The molecule has 2 heterocycles. The predicted molar refractivity (Wildman–Crippen MR) is 69.7 cm³/mol. The van der Waals surface area contributed by atoms with Gasteiger partial charge in [0, 0.05) is 24.5 Å². The lowest BCUT2D eigenvalue weighted by atomic mass is 10.1. The third-order valence-electron chi connectivity index (χ3n) is 2.84. The summed E-state index contributed by atoms with van der Waals surface area (Å²) in [7, 11) is 1.89. The van der Waals surface area contributed by atoms with Crippen LogP contribution < -0.4 is 0 Å². The second-order valence-corrected chi connectivity index (χ2v) is 5.55. The van der Waals surface area contributed by atoms with E-state index in [-0.39, 0.29) is 5.78 Å². The second-order valence-electron chi connectivity index (χ2n) is 4.30.